The van der Waals surface area contributed by atoms with Gasteiger partial charge in [0.15, 0.2) is 0 Å². The Balaban J connectivity index is 2.89. The normalized spacial score (nSPS) is 11.9. The van der Waals surface area contributed by atoms with Crippen LogP contribution in [-0.2, 0) is 0 Å². The lowest BCUT2D eigenvalue weighted by Crippen LogP contribution is -2.35. The van der Waals surface area contributed by atoms with Crippen LogP contribution in [-0.4, -0.2) is 40.0 Å². The predicted octanol–water partition coefficient (Wildman–Crippen LogP) is 2.04. The van der Waals surface area contributed by atoms with Crippen molar-refractivity contribution in [1.82, 2.24) is 9.88 Å². The molecule has 1 atom stereocenters. The fourth-order valence-corrected chi connectivity index (χ4v) is 1.67. The molecule has 98 valence electrons. The van der Waals surface area contributed by atoms with Crippen LogP contribution in [0.4, 0.5) is 0 Å². The Hall–Kier alpha value is -1.91. The summed E-state index contributed by atoms with van der Waals surface area (Å²) in [5.41, 5.74) is 0.241. The molecule has 1 rings (SSSR count). The number of rotatable bonds is 5. The molecule has 5 heteroatoms. The van der Waals surface area contributed by atoms with Crippen LogP contribution in [0, 0.1) is 0 Å². The maximum absolute atomic E-state index is 12.1. The molecule has 0 aliphatic heterocycles. The second-order valence-electron chi connectivity index (χ2n) is 4.29. The van der Waals surface area contributed by atoms with Crippen LogP contribution in [0.2, 0.25) is 0 Å². The molecule has 1 aromatic rings. The van der Waals surface area contributed by atoms with Gasteiger partial charge in [0.05, 0.1) is 5.56 Å². The first kappa shape index (κ1) is 14.2. The summed E-state index contributed by atoms with van der Waals surface area (Å²) in [7, 11) is 1.71. The number of hydrogen-bond acceptors (Lipinski definition) is 3. The summed E-state index contributed by atoms with van der Waals surface area (Å²) in [4.78, 5) is 28.5. The Labute approximate surface area is 106 Å². The smallest absolute Gasteiger partial charge is 0.335 e. The van der Waals surface area contributed by atoms with Gasteiger partial charge in [-0.05, 0) is 25.5 Å². The number of pyridine rings is 1. The number of aromatic carboxylic acids is 1. The number of aromatic nitrogens is 1. The van der Waals surface area contributed by atoms with E-state index >= 15 is 0 Å². The van der Waals surface area contributed by atoms with E-state index in [9.17, 15) is 9.59 Å². The summed E-state index contributed by atoms with van der Waals surface area (Å²) in [5, 5.41) is 8.87. The molecule has 0 spiro atoms. The lowest BCUT2D eigenvalue weighted by molar-refractivity contribution is 0.0696. The molecule has 18 heavy (non-hydrogen) atoms. The number of amides is 1. The molecular weight excluding hydrogens is 232 g/mol. The van der Waals surface area contributed by atoms with E-state index in [1.54, 1.807) is 11.9 Å². The minimum Gasteiger partial charge on any atom is -0.478 e. The highest BCUT2D eigenvalue weighted by molar-refractivity contribution is 5.95. The van der Waals surface area contributed by atoms with Crippen molar-refractivity contribution in [2.45, 2.75) is 32.7 Å². The number of nitrogens with zero attached hydrogens (tertiary/aromatic N) is 2. The highest BCUT2D eigenvalue weighted by Gasteiger charge is 2.19. The van der Waals surface area contributed by atoms with Crippen molar-refractivity contribution in [3.8, 4) is 0 Å². The molecule has 1 aromatic heterocycles. The second kappa shape index (κ2) is 6.14. The highest BCUT2D eigenvalue weighted by Crippen LogP contribution is 2.10. The SMILES string of the molecule is CCCC(C)N(C)C(=O)c1cc(C(=O)O)ccn1. The fraction of sp³-hybridized carbons (Fsp3) is 0.462. The number of carbonyl (C=O) groups is 2. The van der Waals surface area contributed by atoms with E-state index in [0.717, 1.165) is 12.8 Å². The van der Waals surface area contributed by atoms with Gasteiger partial charge in [0.25, 0.3) is 5.91 Å². The van der Waals surface area contributed by atoms with Crippen molar-refractivity contribution in [1.29, 1.82) is 0 Å². The van der Waals surface area contributed by atoms with Crippen molar-refractivity contribution >= 4 is 11.9 Å². The topological polar surface area (TPSA) is 70.5 Å². The fourth-order valence-electron chi connectivity index (χ4n) is 1.67. The van der Waals surface area contributed by atoms with E-state index < -0.39 is 5.97 Å². The Morgan fingerprint density at radius 2 is 2.17 bits per heavy atom. The quantitative estimate of drug-likeness (QED) is 0.868. The zero-order chi connectivity index (χ0) is 13.7. The average molecular weight is 250 g/mol. The van der Waals surface area contributed by atoms with Crippen LogP contribution in [0.5, 0.6) is 0 Å². The highest BCUT2D eigenvalue weighted by atomic mass is 16.4. The molecular formula is C13H18N2O3. The van der Waals surface area contributed by atoms with E-state index in [1.165, 1.54) is 18.3 Å². The molecule has 0 radical (unpaired) electrons. The van der Waals surface area contributed by atoms with Crippen LogP contribution in [0.3, 0.4) is 0 Å². The predicted molar refractivity (Wildman–Crippen MR) is 67.7 cm³/mol. The van der Waals surface area contributed by atoms with E-state index in [0.29, 0.717) is 0 Å². The Morgan fingerprint density at radius 3 is 2.72 bits per heavy atom. The summed E-state index contributed by atoms with van der Waals surface area (Å²) >= 11 is 0. The van der Waals surface area contributed by atoms with Gasteiger partial charge in [-0.3, -0.25) is 9.78 Å². The largest absolute Gasteiger partial charge is 0.478 e. The maximum Gasteiger partial charge on any atom is 0.335 e. The molecule has 0 saturated carbocycles. The molecule has 1 unspecified atom stereocenters. The van der Waals surface area contributed by atoms with Crippen LogP contribution < -0.4 is 0 Å². The van der Waals surface area contributed by atoms with Gasteiger partial charge in [-0.15, -0.1) is 0 Å². The molecule has 0 aliphatic carbocycles. The first-order valence-corrected chi connectivity index (χ1v) is 5.93. The van der Waals surface area contributed by atoms with E-state index in [2.05, 4.69) is 11.9 Å². The molecule has 1 N–H and O–H groups in total. The lowest BCUT2D eigenvalue weighted by Gasteiger charge is -2.24. The van der Waals surface area contributed by atoms with Gasteiger partial charge < -0.3 is 10.0 Å². The van der Waals surface area contributed by atoms with Gasteiger partial charge in [0.1, 0.15) is 5.69 Å². The summed E-state index contributed by atoms with van der Waals surface area (Å²) in [6, 6.07) is 2.78. The van der Waals surface area contributed by atoms with Gasteiger partial charge in [-0.2, -0.15) is 0 Å². The van der Waals surface area contributed by atoms with Gasteiger partial charge >= 0.3 is 5.97 Å². The maximum atomic E-state index is 12.1. The van der Waals surface area contributed by atoms with Gasteiger partial charge in [0.2, 0.25) is 0 Å². The number of carboxylic acids is 1. The first-order valence-electron chi connectivity index (χ1n) is 5.93. The molecule has 0 fully saturated rings. The number of carbonyl (C=O) groups excluding carboxylic acids is 1. The lowest BCUT2D eigenvalue weighted by atomic mass is 10.1. The molecule has 0 aromatic carbocycles. The monoisotopic (exact) mass is 250 g/mol. The third kappa shape index (κ3) is 3.29. The Bertz CT molecular complexity index is 446. The van der Waals surface area contributed by atoms with E-state index in [-0.39, 0.29) is 23.2 Å². The van der Waals surface area contributed by atoms with Crippen LogP contribution in [0.25, 0.3) is 0 Å². The zero-order valence-corrected chi connectivity index (χ0v) is 10.9. The van der Waals surface area contributed by atoms with Gasteiger partial charge in [-0.1, -0.05) is 13.3 Å². The molecule has 5 nitrogen and oxygen atoms in total. The number of hydrogen-bond donors (Lipinski definition) is 1. The van der Waals surface area contributed by atoms with Crippen molar-refractivity contribution in [2.75, 3.05) is 7.05 Å². The average Bonchev–Trinajstić information content (AvgIpc) is 2.37. The van der Waals surface area contributed by atoms with E-state index in [4.69, 9.17) is 5.11 Å². The third-order valence-electron chi connectivity index (χ3n) is 2.91. The van der Waals surface area contributed by atoms with E-state index in [1.807, 2.05) is 6.92 Å². The Morgan fingerprint density at radius 1 is 1.50 bits per heavy atom. The van der Waals surface area contributed by atoms with Gasteiger partial charge in [-0.25, -0.2) is 4.79 Å². The van der Waals surface area contributed by atoms with Crippen molar-refractivity contribution in [2.24, 2.45) is 0 Å². The molecule has 0 bridgehead atoms. The minimum absolute atomic E-state index is 0.0740. The van der Waals surface area contributed by atoms with Crippen LogP contribution >= 0.6 is 0 Å². The minimum atomic E-state index is -1.06. The Kier molecular flexibility index (Phi) is 4.83. The number of carboxylic acid groups (broad SMARTS) is 1. The summed E-state index contributed by atoms with van der Waals surface area (Å²) in [6.07, 6.45) is 3.23. The van der Waals surface area contributed by atoms with Crippen molar-refractivity contribution in [3.63, 3.8) is 0 Å². The van der Waals surface area contributed by atoms with Crippen molar-refractivity contribution in [3.05, 3.63) is 29.6 Å². The summed E-state index contributed by atoms with van der Waals surface area (Å²) < 4.78 is 0. The standard InChI is InChI=1S/C13H18N2O3/c1-4-5-9(2)15(3)12(16)11-8-10(13(17)18)6-7-14-11/h6-9H,4-5H2,1-3H3,(H,17,18). The first-order chi connectivity index (χ1) is 8.47. The molecule has 1 heterocycles. The molecule has 0 aliphatic rings. The summed E-state index contributed by atoms with van der Waals surface area (Å²) in [6.45, 7) is 4.01. The van der Waals surface area contributed by atoms with Crippen LogP contribution in [0.1, 0.15) is 47.5 Å². The third-order valence-corrected chi connectivity index (χ3v) is 2.91. The molecule has 1 amide bonds. The van der Waals surface area contributed by atoms with Crippen molar-refractivity contribution < 1.29 is 14.7 Å². The molecule has 0 saturated heterocycles. The second-order valence-corrected chi connectivity index (χ2v) is 4.29. The summed E-state index contributed by atoms with van der Waals surface area (Å²) in [5.74, 6) is -1.31. The zero-order valence-electron chi connectivity index (χ0n) is 10.9. The van der Waals surface area contributed by atoms with Crippen LogP contribution in [0.15, 0.2) is 18.3 Å². The van der Waals surface area contributed by atoms with Gasteiger partial charge in [0, 0.05) is 19.3 Å².